The zero-order chi connectivity index (χ0) is 14.4. The Labute approximate surface area is 113 Å². The molecule has 8 nitrogen and oxygen atoms in total. The molecule has 0 saturated heterocycles. The average molecular weight is 288 g/mol. The lowest BCUT2D eigenvalue weighted by Gasteiger charge is -2.09. The molecule has 0 spiro atoms. The van der Waals surface area contributed by atoms with Gasteiger partial charge < -0.3 is 20.9 Å². The summed E-state index contributed by atoms with van der Waals surface area (Å²) in [5.41, 5.74) is 21.2. The van der Waals surface area contributed by atoms with Crippen molar-refractivity contribution in [1.82, 2.24) is 0 Å². The van der Waals surface area contributed by atoms with Gasteiger partial charge in [-0.05, 0) is 12.1 Å². The molecule has 0 radical (unpaired) electrons. The minimum Gasteiger partial charge on any atom is -0.441 e. The predicted octanol–water partition coefficient (Wildman–Crippen LogP) is -1.45. The Morgan fingerprint density at radius 3 is 1.68 bits per heavy atom. The molecule has 0 aliphatic heterocycles. The molecule has 0 aromatic carbocycles. The van der Waals surface area contributed by atoms with E-state index in [0.717, 1.165) is 11.3 Å². The Morgan fingerprint density at radius 1 is 1.00 bits per heavy atom. The normalized spacial score (nSPS) is 13.7. The van der Waals surface area contributed by atoms with Gasteiger partial charge in [0, 0.05) is 13.1 Å². The van der Waals surface area contributed by atoms with Gasteiger partial charge >= 0.3 is 11.9 Å². The number of ether oxygens (including phenoxy) is 2. The van der Waals surface area contributed by atoms with Crippen LogP contribution in [0.25, 0.3) is 0 Å². The summed E-state index contributed by atoms with van der Waals surface area (Å²) in [7, 11) is 0. The second kappa shape index (κ2) is 7.16. The van der Waals surface area contributed by atoms with E-state index in [4.69, 9.17) is 32.4 Å². The van der Waals surface area contributed by atoms with Gasteiger partial charge in [-0.1, -0.05) is 0 Å². The summed E-state index contributed by atoms with van der Waals surface area (Å²) < 4.78 is 9.62. The van der Waals surface area contributed by atoms with E-state index in [9.17, 15) is 9.59 Å². The third-order valence-corrected chi connectivity index (χ3v) is 3.04. The Bertz CT molecular complexity index is 412. The van der Waals surface area contributed by atoms with Crippen LogP contribution in [0.1, 0.15) is 19.3 Å². The Hall–Kier alpha value is -1.52. The van der Waals surface area contributed by atoms with E-state index in [2.05, 4.69) is 0 Å². The van der Waals surface area contributed by atoms with E-state index in [-0.39, 0.29) is 22.8 Å². The minimum absolute atomic E-state index is 0.0113. The summed E-state index contributed by atoms with van der Waals surface area (Å²) in [6.45, 7) is 0.0226. The van der Waals surface area contributed by atoms with Crippen molar-refractivity contribution < 1.29 is 19.1 Å². The molecule has 106 valence electrons. The molecule has 2 atom stereocenters. The molecule has 0 aliphatic rings. The average Bonchev–Trinajstić information content (AvgIpc) is 2.87. The lowest BCUT2D eigenvalue weighted by molar-refractivity contribution is 0.0332. The van der Waals surface area contributed by atoms with Crippen molar-refractivity contribution >= 4 is 23.3 Å². The van der Waals surface area contributed by atoms with Crippen LogP contribution in [0.5, 0.6) is 0 Å². The van der Waals surface area contributed by atoms with Gasteiger partial charge in [0.1, 0.15) is 9.75 Å². The van der Waals surface area contributed by atoms with Crippen LogP contribution in [-0.4, -0.2) is 37.5 Å². The molecule has 2 unspecified atom stereocenters. The molecule has 0 aliphatic carbocycles. The minimum atomic E-state index is -0.879. The number of carbonyl (C=O) groups excluding carboxylic acids is 2. The lowest BCUT2D eigenvalue weighted by atomic mass is 10.4. The van der Waals surface area contributed by atoms with Gasteiger partial charge in [-0.2, -0.15) is 0 Å². The largest absolute Gasteiger partial charge is 0.441 e. The topological polar surface area (TPSA) is 157 Å². The maximum Gasteiger partial charge on any atom is 0.349 e. The van der Waals surface area contributed by atoms with Crippen LogP contribution in [0.4, 0.5) is 0 Å². The number of carbonyl (C=O) groups is 2. The fraction of sp³-hybridized carbons (Fsp3) is 0.400. The molecular weight excluding hydrogens is 272 g/mol. The summed E-state index contributed by atoms with van der Waals surface area (Å²) >= 11 is 0.912. The van der Waals surface area contributed by atoms with Crippen LogP contribution >= 0.6 is 11.3 Å². The smallest absolute Gasteiger partial charge is 0.349 e. The molecule has 0 amide bonds. The number of esters is 2. The highest BCUT2D eigenvalue weighted by atomic mass is 32.1. The van der Waals surface area contributed by atoms with E-state index in [1.165, 1.54) is 12.1 Å². The van der Waals surface area contributed by atoms with Gasteiger partial charge in [0.25, 0.3) is 0 Å². The molecule has 8 N–H and O–H groups in total. The molecule has 0 bridgehead atoms. The SMILES string of the molecule is NCC(N)OC(=O)c1ccc(C(=O)OC(N)CN)s1. The van der Waals surface area contributed by atoms with Crippen LogP contribution in [0, 0.1) is 0 Å². The maximum absolute atomic E-state index is 11.6. The third kappa shape index (κ3) is 4.58. The van der Waals surface area contributed by atoms with Gasteiger partial charge in [0.15, 0.2) is 12.5 Å². The molecule has 9 heteroatoms. The molecule has 19 heavy (non-hydrogen) atoms. The van der Waals surface area contributed by atoms with Crippen LogP contribution in [-0.2, 0) is 9.47 Å². The third-order valence-electron chi connectivity index (χ3n) is 1.99. The molecular formula is C10H16N4O4S. The van der Waals surface area contributed by atoms with Gasteiger partial charge in [-0.25, -0.2) is 9.59 Å². The van der Waals surface area contributed by atoms with Crippen molar-refractivity contribution in [3.05, 3.63) is 21.9 Å². The quantitative estimate of drug-likeness (QED) is 0.365. The van der Waals surface area contributed by atoms with Gasteiger partial charge in [-0.15, -0.1) is 11.3 Å². The van der Waals surface area contributed by atoms with Gasteiger partial charge in [-0.3, -0.25) is 11.5 Å². The van der Waals surface area contributed by atoms with Crippen molar-refractivity contribution in [2.24, 2.45) is 22.9 Å². The number of hydrogen-bond acceptors (Lipinski definition) is 9. The van der Waals surface area contributed by atoms with Crippen molar-refractivity contribution in [2.45, 2.75) is 12.5 Å². The summed E-state index contributed by atoms with van der Waals surface area (Å²) in [4.78, 5) is 23.6. The fourth-order valence-corrected chi connectivity index (χ4v) is 1.82. The summed E-state index contributed by atoms with van der Waals surface area (Å²) in [6.07, 6.45) is -1.76. The van der Waals surface area contributed by atoms with Crippen molar-refractivity contribution in [3.63, 3.8) is 0 Å². The van der Waals surface area contributed by atoms with E-state index >= 15 is 0 Å². The summed E-state index contributed by atoms with van der Waals surface area (Å²) in [5.74, 6) is -1.30. The number of thiophene rings is 1. The first-order valence-corrected chi connectivity index (χ1v) is 6.22. The van der Waals surface area contributed by atoms with Gasteiger partial charge in [0.05, 0.1) is 0 Å². The second-order valence-corrected chi connectivity index (χ2v) is 4.61. The van der Waals surface area contributed by atoms with E-state index in [1.807, 2.05) is 0 Å². The highest BCUT2D eigenvalue weighted by molar-refractivity contribution is 7.15. The van der Waals surface area contributed by atoms with E-state index in [1.54, 1.807) is 0 Å². The first-order chi connectivity index (χ1) is 8.97. The molecule has 1 aromatic heterocycles. The van der Waals surface area contributed by atoms with Crippen molar-refractivity contribution in [1.29, 1.82) is 0 Å². The van der Waals surface area contributed by atoms with E-state index < -0.39 is 24.4 Å². The number of hydrogen-bond donors (Lipinski definition) is 4. The standard InChI is InChI=1S/C10H16N4O4S/c11-3-7(13)17-9(15)5-1-2-6(19-5)10(16)18-8(14)4-12/h1-2,7-8H,3-4,11-14H2. The predicted molar refractivity (Wildman–Crippen MR) is 69.2 cm³/mol. The molecule has 1 aromatic rings. The van der Waals surface area contributed by atoms with Crippen LogP contribution in [0.15, 0.2) is 12.1 Å². The Kier molecular flexibility index (Phi) is 5.86. The monoisotopic (exact) mass is 288 g/mol. The zero-order valence-corrected chi connectivity index (χ0v) is 10.9. The van der Waals surface area contributed by atoms with Crippen LogP contribution < -0.4 is 22.9 Å². The zero-order valence-electron chi connectivity index (χ0n) is 10.1. The molecule has 1 heterocycles. The lowest BCUT2D eigenvalue weighted by Crippen LogP contribution is -2.34. The van der Waals surface area contributed by atoms with Crippen LogP contribution in [0.3, 0.4) is 0 Å². The number of rotatable bonds is 6. The highest BCUT2D eigenvalue weighted by Crippen LogP contribution is 2.18. The summed E-state index contributed by atoms with van der Waals surface area (Å²) in [6, 6.07) is 2.86. The van der Waals surface area contributed by atoms with Crippen molar-refractivity contribution in [3.8, 4) is 0 Å². The Morgan fingerprint density at radius 2 is 1.37 bits per heavy atom. The molecule has 1 rings (SSSR count). The van der Waals surface area contributed by atoms with Crippen LogP contribution in [0.2, 0.25) is 0 Å². The van der Waals surface area contributed by atoms with Gasteiger partial charge in [0.2, 0.25) is 0 Å². The van der Waals surface area contributed by atoms with E-state index in [0.29, 0.717) is 0 Å². The molecule has 0 saturated carbocycles. The fourth-order valence-electron chi connectivity index (χ4n) is 1.04. The first-order valence-electron chi connectivity index (χ1n) is 5.41. The molecule has 0 fully saturated rings. The summed E-state index contributed by atoms with van der Waals surface area (Å²) in [5, 5.41) is 0. The van der Waals surface area contributed by atoms with Crippen molar-refractivity contribution in [2.75, 3.05) is 13.1 Å². The number of nitrogens with two attached hydrogens (primary N) is 4. The second-order valence-electron chi connectivity index (χ2n) is 3.52. The Balaban J connectivity index is 2.66. The highest BCUT2D eigenvalue weighted by Gasteiger charge is 2.18. The maximum atomic E-state index is 11.6. The first kappa shape index (κ1) is 15.5.